The maximum atomic E-state index is 11.8. The third kappa shape index (κ3) is 3.98. The number of Topliss-reactive ketones (excluding diaryl/α,β-unsaturated/α-hetero) is 1. The third-order valence-electron chi connectivity index (χ3n) is 5.09. The maximum absolute atomic E-state index is 11.8. The maximum Gasteiger partial charge on any atom is 0.145 e. The van der Waals surface area contributed by atoms with Gasteiger partial charge in [0, 0.05) is 18.8 Å². The Morgan fingerprint density at radius 1 is 1.00 bits per heavy atom. The number of hydrogen-bond acceptors (Lipinski definition) is 1. The molecule has 1 fully saturated rings. The molecule has 0 radical (unpaired) electrons. The van der Waals surface area contributed by atoms with Gasteiger partial charge in [0.05, 0.1) is 0 Å². The smallest absolute Gasteiger partial charge is 0.145 e. The number of ketones is 1. The second-order valence-electron chi connectivity index (χ2n) is 7.35. The first kappa shape index (κ1) is 17.5. The van der Waals surface area contributed by atoms with Gasteiger partial charge in [0.2, 0.25) is 0 Å². The zero-order chi connectivity index (χ0) is 15.3. The molecule has 0 saturated heterocycles. The molecular weight excluding hydrogens is 260 g/mol. The third-order valence-corrected chi connectivity index (χ3v) is 11.4. The fourth-order valence-electron chi connectivity index (χ4n) is 3.98. The average Bonchev–Trinajstić information content (AvgIpc) is 2.53. The van der Waals surface area contributed by atoms with Crippen LogP contribution in [0.15, 0.2) is 0 Å². The summed E-state index contributed by atoms with van der Waals surface area (Å²) in [7, 11) is -1.62. The van der Waals surface area contributed by atoms with E-state index in [-0.39, 0.29) is 0 Å². The van der Waals surface area contributed by atoms with E-state index < -0.39 is 8.07 Å². The quantitative estimate of drug-likeness (QED) is 0.389. The summed E-state index contributed by atoms with van der Waals surface area (Å²) in [5.74, 6) is 4.32. The summed E-state index contributed by atoms with van der Waals surface area (Å²) in [5, 5.41) is 0. The normalized spacial score (nSPS) is 21.1. The van der Waals surface area contributed by atoms with Crippen LogP contribution in [0, 0.1) is 17.4 Å². The predicted octanol–water partition coefficient (Wildman–Crippen LogP) is 5.36. The molecule has 2 heteroatoms. The Hall–Kier alpha value is -0.553. The minimum absolute atomic E-state index is 0.327. The van der Waals surface area contributed by atoms with E-state index in [1.807, 2.05) is 0 Å². The van der Waals surface area contributed by atoms with Crippen molar-refractivity contribution in [3.63, 3.8) is 0 Å². The molecule has 20 heavy (non-hydrogen) atoms. The molecule has 1 nitrogen and oxygen atoms in total. The van der Waals surface area contributed by atoms with E-state index in [2.05, 4.69) is 53.0 Å². The van der Waals surface area contributed by atoms with Crippen LogP contribution in [-0.2, 0) is 4.79 Å². The van der Waals surface area contributed by atoms with Gasteiger partial charge in [0.25, 0.3) is 0 Å². The van der Waals surface area contributed by atoms with Crippen LogP contribution in [0.1, 0.15) is 73.6 Å². The van der Waals surface area contributed by atoms with Crippen molar-refractivity contribution >= 4 is 13.9 Å². The molecule has 1 rings (SSSR count). The molecule has 0 aromatic carbocycles. The average molecular weight is 293 g/mol. The minimum Gasteiger partial charge on any atom is -0.300 e. The van der Waals surface area contributed by atoms with Gasteiger partial charge in [0.1, 0.15) is 13.9 Å². The van der Waals surface area contributed by atoms with Crippen molar-refractivity contribution in [2.24, 2.45) is 5.92 Å². The molecule has 0 N–H and O–H groups in total. The second-order valence-corrected chi connectivity index (χ2v) is 12.9. The number of carbonyl (C=O) groups excluding carboxylic acids is 1. The van der Waals surface area contributed by atoms with Crippen LogP contribution < -0.4 is 0 Å². The highest BCUT2D eigenvalue weighted by Gasteiger charge is 2.41. The molecule has 0 aromatic rings. The van der Waals surface area contributed by atoms with Crippen molar-refractivity contribution < 1.29 is 4.79 Å². The van der Waals surface area contributed by atoms with Crippen LogP contribution in [0.2, 0.25) is 16.6 Å². The Kier molecular flexibility index (Phi) is 6.52. The van der Waals surface area contributed by atoms with Crippen molar-refractivity contribution in [2.45, 2.75) is 90.3 Å². The van der Waals surface area contributed by atoms with Crippen LogP contribution >= 0.6 is 0 Å². The van der Waals surface area contributed by atoms with E-state index >= 15 is 0 Å². The van der Waals surface area contributed by atoms with E-state index in [4.69, 9.17) is 0 Å². The van der Waals surface area contributed by atoms with E-state index in [0.29, 0.717) is 34.7 Å². The standard InChI is InChI=1S/C18H32OSi/c1-14(2)20(15(3)4,16(5)6)12-11-17-9-7-8-10-18(19)13-17/h14-17H,7-10,13H2,1-6H3/t17-/m0/s1. The lowest BCUT2D eigenvalue weighted by Crippen LogP contribution is -2.43. The summed E-state index contributed by atoms with van der Waals surface area (Å²) in [5.41, 5.74) is 5.82. The van der Waals surface area contributed by atoms with Crippen LogP contribution in [0.3, 0.4) is 0 Å². The molecule has 1 saturated carbocycles. The summed E-state index contributed by atoms with van der Waals surface area (Å²) in [4.78, 5) is 11.8. The molecule has 0 heterocycles. The number of rotatable bonds is 3. The number of hydrogen-bond donors (Lipinski definition) is 0. The van der Waals surface area contributed by atoms with Gasteiger partial charge >= 0.3 is 0 Å². The summed E-state index contributed by atoms with van der Waals surface area (Å²) in [6.07, 6.45) is 4.84. The summed E-state index contributed by atoms with van der Waals surface area (Å²) in [6, 6.07) is 0. The molecule has 0 amide bonds. The van der Waals surface area contributed by atoms with Gasteiger partial charge in [-0.25, -0.2) is 0 Å². The Bertz CT molecular complexity index is 362. The van der Waals surface area contributed by atoms with Crippen LogP contribution in [0.4, 0.5) is 0 Å². The summed E-state index contributed by atoms with van der Waals surface area (Å²) >= 11 is 0. The molecule has 0 aliphatic heterocycles. The topological polar surface area (TPSA) is 17.1 Å². The monoisotopic (exact) mass is 292 g/mol. The fourth-order valence-corrected chi connectivity index (χ4v) is 9.30. The molecule has 1 atom stereocenters. The van der Waals surface area contributed by atoms with Gasteiger partial charge in [-0.1, -0.05) is 48.0 Å². The van der Waals surface area contributed by atoms with Crippen molar-refractivity contribution in [3.05, 3.63) is 0 Å². The predicted molar refractivity (Wildman–Crippen MR) is 90.4 cm³/mol. The molecule has 1 aliphatic rings. The highest BCUT2D eigenvalue weighted by Crippen LogP contribution is 2.41. The Morgan fingerprint density at radius 3 is 2.05 bits per heavy atom. The SMILES string of the molecule is CC(C)[Si](C#C[C@@H]1CCCCC(=O)C1)(C(C)C)C(C)C. The van der Waals surface area contributed by atoms with E-state index in [9.17, 15) is 4.79 Å². The molecule has 1 aliphatic carbocycles. The highest BCUT2D eigenvalue weighted by atomic mass is 28.3. The molecule has 0 unspecified atom stereocenters. The Balaban J connectivity index is 3.00. The highest BCUT2D eigenvalue weighted by molar-refractivity contribution is 6.90. The summed E-state index contributed by atoms with van der Waals surface area (Å²) < 4.78 is 0. The van der Waals surface area contributed by atoms with Crippen LogP contribution in [-0.4, -0.2) is 13.9 Å². The fraction of sp³-hybridized carbons (Fsp3) is 0.833. The van der Waals surface area contributed by atoms with Crippen molar-refractivity contribution in [1.82, 2.24) is 0 Å². The molecule has 0 bridgehead atoms. The molecular formula is C18H32OSi. The first-order valence-electron chi connectivity index (χ1n) is 8.35. The molecule has 0 aromatic heterocycles. The molecule has 0 spiro atoms. The lowest BCUT2D eigenvalue weighted by Gasteiger charge is -2.38. The Labute approximate surface area is 126 Å². The van der Waals surface area contributed by atoms with Gasteiger partial charge in [-0.2, -0.15) is 0 Å². The van der Waals surface area contributed by atoms with Gasteiger partial charge < -0.3 is 0 Å². The lowest BCUT2D eigenvalue weighted by atomic mass is 10.0. The van der Waals surface area contributed by atoms with Crippen molar-refractivity contribution in [1.29, 1.82) is 0 Å². The van der Waals surface area contributed by atoms with E-state index in [0.717, 1.165) is 19.3 Å². The van der Waals surface area contributed by atoms with Gasteiger partial charge in [0.15, 0.2) is 0 Å². The van der Waals surface area contributed by atoms with Crippen molar-refractivity contribution in [2.75, 3.05) is 0 Å². The Morgan fingerprint density at radius 2 is 1.55 bits per heavy atom. The second kappa shape index (κ2) is 7.45. The van der Waals surface area contributed by atoms with Gasteiger partial charge in [-0.05, 0) is 29.5 Å². The van der Waals surface area contributed by atoms with Gasteiger partial charge in [-0.3, -0.25) is 4.79 Å². The zero-order valence-corrected chi connectivity index (χ0v) is 15.3. The first-order chi connectivity index (χ1) is 9.30. The minimum atomic E-state index is -1.62. The van der Waals surface area contributed by atoms with Crippen LogP contribution in [0.25, 0.3) is 0 Å². The van der Waals surface area contributed by atoms with E-state index in [1.54, 1.807) is 0 Å². The summed E-state index contributed by atoms with van der Waals surface area (Å²) in [6.45, 7) is 14.1. The van der Waals surface area contributed by atoms with Gasteiger partial charge in [-0.15, -0.1) is 11.5 Å². The largest absolute Gasteiger partial charge is 0.300 e. The number of carbonyl (C=O) groups is 1. The zero-order valence-electron chi connectivity index (χ0n) is 14.3. The first-order valence-corrected chi connectivity index (χ1v) is 10.6. The van der Waals surface area contributed by atoms with Crippen molar-refractivity contribution in [3.8, 4) is 11.5 Å². The molecule has 114 valence electrons. The van der Waals surface area contributed by atoms with Crippen LogP contribution in [0.5, 0.6) is 0 Å². The lowest BCUT2D eigenvalue weighted by molar-refractivity contribution is -0.119. The van der Waals surface area contributed by atoms with E-state index in [1.165, 1.54) is 6.42 Å².